The number of rotatable bonds is 2. The van der Waals surface area contributed by atoms with Crippen LogP contribution in [-0.2, 0) is 6.54 Å². The Bertz CT molecular complexity index is 824. The van der Waals surface area contributed by atoms with Gasteiger partial charge in [0.2, 0.25) is 0 Å². The first kappa shape index (κ1) is 10.7. The van der Waals surface area contributed by atoms with Gasteiger partial charge < -0.3 is 11.5 Å². The molecule has 3 aromatic rings. The van der Waals surface area contributed by atoms with Crippen LogP contribution in [-0.4, -0.2) is 9.78 Å². The number of nitrogen functional groups attached to an aromatic ring is 1. The number of hydrogen-bond acceptors (Lipinski definition) is 5. The van der Waals surface area contributed by atoms with Gasteiger partial charge in [0.15, 0.2) is 0 Å². The highest BCUT2D eigenvalue weighted by Crippen LogP contribution is 2.20. The van der Waals surface area contributed by atoms with Crippen molar-refractivity contribution in [3.8, 4) is 5.69 Å². The van der Waals surface area contributed by atoms with Gasteiger partial charge in [-0.1, -0.05) is 12.1 Å². The van der Waals surface area contributed by atoms with Gasteiger partial charge in [-0.15, -0.1) is 0 Å². The molecule has 0 amide bonds. The molecule has 0 aliphatic heterocycles. The standard InChI is InChI=1S/C12H10N4O2/c13-4-6-1-2-7-5-15-16(8(7)3-6)10-9(14)11(17)12(10)18/h1-3,5H,4,13-14H2. The molecule has 18 heavy (non-hydrogen) atoms. The van der Waals surface area contributed by atoms with Crippen LogP contribution in [0.5, 0.6) is 0 Å². The Morgan fingerprint density at radius 1 is 1.22 bits per heavy atom. The molecule has 0 aliphatic rings. The van der Waals surface area contributed by atoms with Crippen LogP contribution in [0.15, 0.2) is 34.0 Å². The molecule has 90 valence electrons. The number of nitrogens with zero attached hydrogens (tertiary/aromatic N) is 2. The molecule has 6 heteroatoms. The van der Waals surface area contributed by atoms with Crippen molar-refractivity contribution < 1.29 is 0 Å². The summed E-state index contributed by atoms with van der Waals surface area (Å²) in [6.45, 7) is 0.391. The van der Waals surface area contributed by atoms with Crippen molar-refractivity contribution in [3.63, 3.8) is 0 Å². The second kappa shape index (κ2) is 3.51. The molecule has 0 radical (unpaired) electrons. The Balaban J connectivity index is 2.31. The van der Waals surface area contributed by atoms with Crippen molar-refractivity contribution in [2.75, 3.05) is 5.73 Å². The Morgan fingerprint density at radius 2 is 2.00 bits per heavy atom. The highest BCUT2D eigenvalue weighted by molar-refractivity contribution is 5.82. The van der Waals surface area contributed by atoms with Crippen LogP contribution in [0.2, 0.25) is 0 Å². The minimum Gasteiger partial charge on any atom is -0.394 e. The van der Waals surface area contributed by atoms with Crippen LogP contribution in [0.25, 0.3) is 16.6 Å². The van der Waals surface area contributed by atoms with Gasteiger partial charge >= 0.3 is 0 Å². The lowest BCUT2D eigenvalue weighted by molar-refractivity contribution is 0.892. The van der Waals surface area contributed by atoms with Crippen LogP contribution in [0.1, 0.15) is 5.56 Å². The predicted molar refractivity (Wildman–Crippen MR) is 68.3 cm³/mol. The molecule has 0 saturated carbocycles. The highest BCUT2D eigenvalue weighted by Gasteiger charge is 2.21. The summed E-state index contributed by atoms with van der Waals surface area (Å²) in [6, 6.07) is 5.58. The summed E-state index contributed by atoms with van der Waals surface area (Å²) < 4.78 is 1.40. The van der Waals surface area contributed by atoms with E-state index in [-0.39, 0.29) is 11.4 Å². The maximum absolute atomic E-state index is 11.5. The molecule has 0 saturated heterocycles. The van der Waals surface area contributed by atoms with Crippen molar-refractivity contribution in [1.29, 1.82) is 0 Å². The first-order valence-corrected chi connectivity index (χ1v) is 5.39. The molecule has 0 unspecified atom stereocenters. The molecule has 3 rings (SSSR count). The summed E-state index contributed by atoms with van der Waals surface area (Å²) in [5, 5.41) is 4.95. The Kier molecular flexibility index (Phi) is 2.08. The summed E-state index contributed by atoms with van der Waals surface area (Å²) in [7, 11) is 0. The smallest absolute Gasteiger partial charge is 0.255 e. The average Bonchev–Trinajstić information content (AvgIpc) is 2.81. The molecule has 4 N–H and O–H groups in total. The zero-order chi connectivity index (χ0) is 12.9. The van der Waals surface area contributed by atoms with Crippen LogP contribution in [0, 0.1) is 0 Å². The summed E-state index contributed by atoms with van der Waals surface area (Å²) >= 11 is 0. The third-order valence-electron chi connectivity index (χ3n) is 3.00. The molecule has 0 fully saturated rings. The zero-order valence-corrected chi connectivity index (χ0v) is 9.38. The number of fused-ring (bicyclic) bond motifs is 1. The second-order valence-electron chi connectivity index (χ2n) is 4.07. The van der Waals surface area contributed by atoms with Gasteiger partial charge in [-0.3, -0.25) is 9.59 Å². The topological polar surface area (TPSA) is 104 Å². The van der Waals surface area contributed by atoms with Gasteiger partial charge in [0, 0.05) is 11.9 Å². The van der Waals surface area contributed by atoms with E-state index in [4.69, 9.17) is 11.5 Å². The lowest BCUT2D eigenvalue weighted by Crippen LogP contribution is -2.38. The number of nitrogens with two attached hydrogens (primary N) is 2. The van der Waals surface area contributed by atoms with Crippen molar-refractivity contribution >= 4 is 16.6 Å². The zero-order valence-electron chi connectivity index (χ0n) is 9.38. The van der Waals surface area contributed by atoms with E-state index in [0.29, 0.717) is 6.54 Å². The lowest BCUT2D eigenvalue weighted by Gasteiger charge is -2.08. The molecule has 6 nitrogen and oxygen atoms in total. The fraction of sp³-hybridized carbons (Fsp3) is 0.0833. The van der Waals surface area contributed by atoms with Crippen molar-refractivity contribution in [2.45, 2.75) is 6.54 Å². The lowest BCUT2D eigenvalue weighted by atomic mass is 10.1. The third kappa shape index (κ3) is 1.23. The molecular formula is C12H10N4O2. The number of benzene rings is 1. The van der Waals surface area contributed by atoms with E-state index < -0.39 is 10.9 Å². The van der Waals surface area contributed by atoms with Crippen LogP contribution >= 0.6 is 0 Å². The summed E-state index contributed by atoms with van der Waals surface area (Å²) in [5.74, 6) is 0. The molecule has 0 atom stereocenters. The maximum Gasteiger partial charge on any atom is 0.255 e. The number of hydrogen-bond donors (Lipinski definition) is 2. The normalized spacial score (nSPS) is 11.4. The van der Waals surface area contributed by atoms with Crippen LogP contribution in [0.4, 0.5) is 5.69 Å². The van der Waals surface area contributed by atoms with Gasteiger partial charge in [-0.05, 0) is 11.6 Å². The molecular weight excluding hydrogens is 232 g/mol. The first-order valence-electron chi connectivity index (χ1n) is 5.39. The molecule has 2 aromatic carbocycles. The molecule has 0 spiro atoms. The number of aromatic nitrogens is 2. The largest absolute Gasteiger partial charge is 0.394 e. The maximum atomic E-state index is 11.5. The van der Waals surface area contributed by atoms with E-state index in [1.54, 1.807) is 6.20 Å². The van der Waals surface area contributed by atoms with E-state index in [0.717, 1.165) is 16.5 Å². The average molecular weight is 242 g/mol. The minimum atomic E-state index is -0.649. The predicted octanol–water partition coefficient (Wildman–Crippen LogP) is -0.338. The van der Waals surface area contributed by atoms with E-state index in [1.165, 1.54) is 4.68 Å². The van der Waals surface area contributed by atoms with E-state index >= 15 is 0 Å². The van der Waals surface area contributed by atoms with E-state index in [9.17, 15) is 9.59 Å². The summed E-state index contributed by atoms with van der Waals surface area (Å²) in [6.07, 6.45) is 1.62. The van der Waals surface area contributed by atoms with Gasteiger partial charge in [0.05, 0.1) is 11.7 Å². The summed E-state index contributed by atoms with van der Waals surface area (Å²) in [5.41, 5.74) is 11.6. The van der Waals surface area contributed by atoms with Gasteiger partial charge in [-0.25, -0.2) is 4.68 Å². The van der Waals surface area contributed by atoms with E-state index in [1.807, 2.05) is 18.2 Å². The van der Waals surface area contributed by atoms with Gasteiger partial charge in [0.25, 0.3) is 10.9 Å². The Morgan fingerprint density at radius 3 is 2.67 bits per heavy atom. The van der Waals surface area contributed by atoms with Gasteiger partial charge in [-0.2, -0.15) is 5.10 Å². The highest BCUT2D eigenvalue weighted by atomic mass is 16.2. The third-order valence-corrected chi connectivity index (χ3v) is 3.00. The SMILES string of the molecule is NCc1ccc2cnn(-c3c(N)c(=O)c3=O)c2c1. The molecule has 0 bridgehead atoms. The fourth-order valence-corrected chi connectivity index (χ4v) is 1.98. The van der Waals surface area contributed by atoms with E-state index in [2.05, 4.69) is 5.10 Å². The minimum absolute atomic E-state index is 0.0387. The first-order chi connectivity index (χ1) is 8.63. The quantitative estimate of drug-likeness (QED) is 0.598. The fourth-order valence-electron chi connectivity index (χ4n) is 1.98. The molecule has 0 aliphatic carbocycles. The van der Waals surface area contributed by atoms with Crippen LogP contribution < -0.4 is 22.3 Å². The summed E-state index contributed by atoms with van der Waals surface area (Å²) in [4.78, 5) is 22.6. The Hall–Kier alpha value is -2.47. The van der Waals surface area contributed by atoms with Crippen molar-refractivity contribution in [3.05, 3.63) is 50.4 Å². The number of anilines is 1. The monoisotopic (exact) mass is 242 g/mol. The van der Waals surface area contributed by atoms with Crippen molar-refractivity contribution in [2.24, 2.45) is 5.73 Å². The van der Waals surface area contributed by atoms with Gasteiger partial charge in [0.1, 0.15) is 11.4 Å². The van der Waals surface area contributed by atoms with Crippen LogP contribution in [0.3, 0.4) is 0 Å². The molecule has 1 heterocycles. The Labute approximate surface area is 101 Å². The van der Waals surface area contributed by atoms with Crippen molar-refractivity contribution in [1.82, 2.24) is 9.78 Å². The second-order valence-corrected chi connectivity index (χ2v) is 4.07. The molecule has 1 aromatic heterocycles.